The molecule has 3 aliphatic carbocycles. The van der Waals surface area contributed by atoms with E-state index >= 15 is 0 Å². The molecular formula is C58H38O4. The average molecular weight is 799 g/mol. The molecule has 0 saturated heterocycles. The van der Waals surface area contributed by atoms with Crippen molar-refractivity contribution in [3.8, 4) is 0 Å². The van der Waals surface area contributed by atoms with Crippen LogP contribution < -0.4 is 0 Å². The van der Waals surface area contributed by atoms with Crippen molar-refractivity contribution in [2.45, 2.75) is 71.1 Å². The highest BCUT2D eigenvalue weighted by Gasteiger charge is 2.44. The van der Waals surface area contributed by atoms with E-state index in [1.165, 1.54) is 136 Å². The summed E-state index contributed by atoms with van der Waals surface area (Å²) in [5.41, 5.74) is 9.73. The molecule has 4 nitrogen and oxygen atoms in total. The first-order valence-corrected chi connectivity index (χ1v) is 23.0. The molecule has 17 rings (SSSR count). The monoisotopic (exact) mass is 798 g/mol. The van der Waals surface area contributed by atoms with Gasteiger partial charge in [-0.1, -0.05) is 61.5 Å². The molecule has 0 N–H and O–H groups in total. The lowest BCUT2D eigenvalue weighted by Gasteiger charge is -2.28. The van der Waals surface area contributed by atoms with Crippen molar-refractivity contribution in [3.05, 3.63) is 106 Å². The van der Waals surface area contributed by atoms with E-state index in [-0.39, 0.29) is 37.0 Å². The Morgan fingerprint density at radius 1 is 0.548 bits per heavy atom. The molecule has 0 fully saturated rings. The van der Waals surface area contributed by atoms with E-state index in [1.807, 2.05) is 20.8 Å². The molecule has 0 amide bonds. The van der Waals surface area contributed by atoms with Gasteiger partial charge in [-0.25, -0.2) is 0 Å². The van der Waals surface area contributed by atoms with Crippen LogP contribution in [0, 0.1) is 5.41 Å². The topological polar surface area (TPSA) is 52.6 Å². The van der Waals surface area contributed by atoms with Crippen LogP contribution in [0.1, 0.15) is 97.2 Å². The van der Waals surface area contributed by atoms with Crippen LogP contribution in [0.25, 0.3) is 129 Å². The normalized spacial score (nSPS) is 15.9. The highest BCUT2D eigenvalue weighted by atomic mass is 16.6. The molecule has 0 radical (unpaired) electrons. The molecule has 1 atom stereocenters. The van der Waals surface area contributed by atoms with Gasteiger partial charge >= 0.3 is 11.9 Å². The highest BCUT2D eigenvalue weighted by molar-refractivity contribution is 6.66. The summed E-state index contributed by atoms with van der Waals surface area (Å²) in [5, 5.41) is 36.4. The second-order valence-electron chi connectivity index (χ2n) is 20.5. The molecule has 0 aliphatic heterocycles. The summed E-state index contributed by atoms with van der Waals surface area (Å²) in [4.78, 5) is 25.8. The van der Waals surface area contributed by atoms with Gasteiger partial charge < -0.3 is 9.47 Å². The van der Waals surface area contributed by atoms with Gasteiger partial charge in [0.2, 0.25) is 0 Å². The Hall–Kier alpha value is -6.52. The van der Waals surface area contributed by atoms with Gasteiger partial charge in [0.25, 0.3) is 0 Å². The van der Waals surface area contributed by atoms with Gasteiger partial charge in [-0.2, -0.15) is 0 Å². The van der Waals surface area contributed by atoms with Gasteiger partial charge in [0, 0.05) is 12.3 Å². The second kappa shape index (κ2) is 9.90. The predicted octanol–water partition coefficient (Wildman–Crippen LogP) is 14.2. The molecule has 14 aromatic carbocycles. The van der Waals surface area contributed by atoms with Gasteiger partial charge in [0.1, 0.15) is 13.2 Å². The lowest BCUT2D eigenvalue weighted by molar-refractivity contribution is -0.159. The minimum absolute atomic E-state index is 0.0824. The van der Waals surface area contributed by atoms with Crippen molar-refractivity contribution in [2.75, 3.05) is 13.2 Å². The minimum Gasteiger partial charge on any atom is -0.462 e. The van der Waals surface area contributed by atoms with Crippen molar-refractivity contribution in [1.29, 1.82) is 0 Å². The summed E-state index contributed by atoms with van der Waals surface area (Å²) in [6.45, 7) is 5.91. The Labute approximate surface area is 354 Å². The van der Waals surface area contributed by atoms with Crippen molar-refractivity contribution >= 4 is 141 Å². The largest absolute Gasteiger partial charge is 0.462 e. The van der Waals surface area contributed by atoms with E-state index < -0.39 is 5.41 Å². The predicted molar refractivity (Wildman–Crippen MR) is 254 cm³/mol. The summed E-state index contributed by atoms with van der Waals surface area (Å²) < 4.78 is 11.1. The molecule has 3 aliphatic rings. The molecule has 294 valence electrons. The lowest BCUT2D eigenvalue weighted by Crippen LogP contribution is -2.27. The first-order chi connectivity index (χ1) is 30.3. The highest BCUT2D eigenvalue weighted by Crippen LogP contribution is 2.69. The third kappa shape index (κ3) is 3.17. The van der Waals surface area contributed by atoms with Crippen LogP contribution in [-0.2, 0) is 31.9 Å². The molecule has 0 spiro atoms. The van der Waals surface area contributed by atoms with Crippen LogP contribution in [0.3, 0.4) is 0 Å². The van der Waals surface area contributed by atoms with E-state index in [1.54, 1.807) is 32.3 Å². The molecule has 0 saturated carbocycles. The van der Waals surface area contributed by atoms with Crippen LogP contribution in [0.5, 0.6) is 0 Å². The number of hydrogen-bond acceptors (Lipinski definition) is 4. The van der Waals surface area contributed by atoms with E-state index in [9.17, 15) is 9.59 Å². The van der Waals surface area contributed by atoms with Crippen molar-refractivity contribution in [3.63, 3.8) is 0 Å². The third-order valence-electron chi connectivity index (χ3n) is 17.4. The molecule has 62 heavy (non-hydrogen) atoms. The summed E-state index contributed by atoms with van der Waals surface area (Å²) in [6, 6.07) is 26.6. The molecular weight excluding hydrogens is 761 g/mol. The molecule has 4 heteroatoms. The standard InChI is InChI=1S/C58H38O4/c1-4-58(2,3)57(60)62-14-13-61-34(59)12-8-11-31(23-9-6-5-7-10-23)42-32-21-29-19-26-15-24-17-28-18-25-16-27-20-30-22-33(42)44-43(32)49-40(29)47-37(26)35(24)45-39(28)46-36(25)38(27)48-41(30)50(44)56-54(48)52(46)51(45)53(47)55(49)56/h5-7,9-10,15-18,21-22,31,42H,4,8,11-14,19-20H2,1-3H3. The number of carbonyl (C=O) groups is 2. The number of rotatable bonds is 11. The van der Waals surface area contributed by atoms with Gasteiger partial charge in [0.15, 0.2) is 0 Å². The fourth-order valence-corrected chi connectivity index (χ4v) is 14.9. The molecule has 1 unspecified atom stereocenters. The first kappa shape index (κ1) is 32.2. The Kier molecular flexibility index (Phi) is 5.14. The second-order valence-corrected chi connectivity index (χ2v) is 20.5. The first-order valence-electron chi connectivity index (χ1n) is 23.0. The van der Waals surface area contributed by atoms with E-state index in [0.29, 0.717) is 19.3 Å². The third-order valence-corrected chi connectivity index (χ3v) is 17.4. The van der Waals surface area contributed by atoms with Crippen LogP contribution in [0.2, 0.25) is 0 Å². The van der Waals surface area contributed by atoms with Crippen molar-refractivity contribution < 1.29 is 19.1 Å². The summed E-state index contributed by atoms with van der Waals surface area (Å²) >= 11 is 0. The Bertz CT molecular complexity index is 4060. The SMILES string of the molecule is CCC(C)(C)C(=O)OCCOC(=O)CCCC(c1ccccc1)C1c2cc3c4c5c2c2c1cc1c6c2c2c5c5c4c4c(cc7cc8cc9cc(c%10c9c9c8c(c74)c5c9c2c%106)C1)C3. The Morgan fingerprint density at radius 3 is 1.53 bits per heavy atom. The van der Waals surface area contributed by atoms with Gasteiger partial charge in [0.05, 0.1) is 5.41 Å². The summed E-state index contributed by atoms with van der Waals surface area (Å²) in [6.07, 6.45) is 4.50. The van der Waals surface area contributed by atoms with Crippen LogP contribution >= 0.6 is 0 Å². The fraction of sp³-hybridized carbons (Fsp3) is 0.241. The zero-order chi connectivity index (χ0) is 40.6. The molecule has 0 bridgehead atoms. The number of hydrogen-bond donors (Lipinski definition) is 0. The minimum atomic E-state index is -0.548. The maximum absolute atomic E-state index is 13.3. The number of benzene rings is 9. The molecule has 0 aromatic heterocycles. The van der Waals surface area contributed by atoms with Gasteiger partial charge in [-0.3, -0.25) is 9.59 Å². The number of ether oxygens (including phenoxy) is 2. The summed E-state index contributed by atoms with van der Waals surface area (Å²) in [5.74, 6) is -0.164. The smallest absolute Gasteiger partial charge is 0.311 e. The fourth-order valence-electron chi connectivity index (χ4n) is 14.9. The maximum atomic E-state index is 13.3. The van der Waals surface area contributed by atoms with Crippen molar-refractivity contribution in [2.24, 2.45) is 5.41 Å². The molecule has 0 heterocycles. The Morgan fingerprint density at radius 2 is 0.984 bits per heavy atom. The zero-order valence-electron chi connectivity index (χ0n) is 34.8. The van der Waals surface area contributed by atoms with E-state index in [4.69, 9.17) is 9.47 Å². The maximum Gasteiger partial charge on any atom is 0.311 e. The Balaban J connectivity index is 0.909. The van der Waals surface area contributed by atoms with Crippen LogP contribution in [-0.4, -0.2) is 25.2 Å². The van der Waals surface area contributed by atoms with Crippen LogP contribution in [0.4, 0.5) is 0 Å². The lowest BCUT2D eigenvalue weighted by atomic mass is 9.75. The average Bonchev–Trinajstić information content (AvgIpc) is 4.12. The number of carbonyl (C=O) groups excluding carboxylic acids is 2. The quantitative estimate of drug-likeness (QED) is 0.0743. The molecule has 14 aromatic rings. The van der Waals surface area contributed by atoms with E-state index in [0.717, 1.165) is 19.3 Å². The summed E-state index contributed by atoms with van der Waals surface area (Å²) in [7, 11) is 0. The van der Waals surface area contributed by atoms with Gasteiger partial charge in [-0.05, 0) is 232 Å². The van der Waals surface area contributed by atoms with Crippen molar-refractivity contribution in [1.82, 2.24) is 0 Å². The van der Waals surface area contributed by atoms with E-state index in [2.05, 4.69) is 66.7 Å². The van der Waals surface area contributed by atoms with Crippen LogP contribution in [0.15, 0.2) is 66.7 Å². The van der Waals surface area contributed by atoms with Gasteiger partial charge in [-0.15, -0.1) is 0 Å². The number of esters is 2. The zero-order valence-corrected chi connectivity index (χ0v) is 34.8.